The van der Waals surface area contributed by atoms with Gasteiger partial charge < -0.3 is 10.1 Å². The summed E-state index contributed by atoms with van der Waals surface area (Å²) in [5, 5.41) is 2.87. The molecule has 1 saturated heterocycles. The van der Waals surface area contributed by atoms with E-state index in [1.165, 1.54) is 18.4 Å². The number of carbonyl (C=O) groups excluding carboxylic acids is 2. The lowest BCUT2D eigenvalue weighted by atomic mass is 10.1. The van der Waals surface area contributed by atoms with Gasteiger partial charge in [-0.2, -0.15) is 0 Å². The van der Waals surface area contributed by atoms with Gasteiger partial charge in [0.25, 0.3) is 5.91 Å². The number of anilines is 1. The van der Waals surface area contributed by atoms with Crippen molar-refractivity contribution in [1.82, 2.24) is 4.90 Å². The number of hydrogen-bond acceptors (Lipinski definition) is 4. The molecule has 3 rings (SSSR count). The molecule has 1 N–H and O–H groups in total. The summed E-state index contributed by atoms with van der Waals surface area (Å²) in [6, 6.07) is 14.5. The Morgan fingerprint density at radius 3 is 2.25 bits per heavy atom. The molecule has 0 aliphatic carbocycles. The van der Waals surface area contributed by atoms with Crippen LogP contribution < -0.4 is 5.32 Å². The fourth-order valence-corrected chi connectivity index (χ4v) is 3.25. The van der Waals surface area contributed by atoms with E-state index in [1.807, 2.05) is 31.2 Å². The molecule has 0 unspecified atom stereocenters. The number of unbranched alkanes of at least 4 members (excludes halogenated alkanes) is 1. The minimum Gasteiger partial charge on any atom is -0.462 e. The fourth-order valence-electron chi connectivity index (χ4n) is 3.25. The van der Waals surface area contributed by atoms with Crippen molar-refractivity contribution in [2.24, 2.45) is 0 Å². The number of esters is 1. The highest BCUT2D eigenvalue weighted by atomic mass is 16.5. The molecule has 0 saturated carbocycles. The minimum atomic E-state index is -0.333. The van der Waals surface area contributed by atoms with E-state index >= 15 is 0 Å². The van der Waals surface area contributed by atoms with Gasteiger partial charge in [0.1, 0.15) is 0 Å². The van der Waals surface area contributed by atoms with Crippen LogP contribution in [0.15, 0.2) is 48.5 Å². The minimum absolute atomic E-state index is 0.161. The van der Waals surface area contributed by atoms with Crippen molar-refractivity contribution in [3.63, 3.8) is 0 Å². The van der Waals surface area contributed by atoms with Gasteiger partial charge in [0, 0.05) is 17.8 Å². The second-order valence-electron chi connectivity index (χ2n) is 7.20. The summed E-state index contributed by atoms with van der Waals surface area (Å²) in [7, 11) is 0. The fraction of sp³-hybridized carbons (Fsp3) is 0.391. The molecular formula is C23H28N2O3. The first-order valence-electron chi connectivity index (χ1n) is 10.1. The molecule has 1 aliphatic rings. The van der Waals surface area contributed by atoms with Crippen molar-refractivity contribution >= 4 is 17.6 Å². The molecule has 0 bridgehead atoms. The van der Waals surface area contributed by atoms with Gasteiger partial charge in [-0.3, -0.25) is 9.69 Å². The lowest BCUT2D eigenvalue weighted by molar-refractivity contribution is 0.0499. The van der Waals surface area contributed by atoms with Crippen molar-refractivity contribution in [2.45, 2.75) is 39.2 Å². The molecule has 2 aromatic rings. The number of benzene rings is 2. The summed E-state index contributed by atoms with van der Waals surface area (Å²) >= 11 is 0. The third-order valence-electron chi connectivity index (χ3n) is 4.93. The highest BCUT2D eigenvalue weighted by Gasteiger charge is 2.13. The van der Waals surface area contributed by atoms with Crippen molar-refractivity contribution in [2.75, 3.05) is 25.0 Å². The van der Waals surface area contributed by atoms with Crippen LogP contribution in [0.3, 0.4) is 0 Å². The number of ether oxygens (including phenoxy) is 1. The number of rotatable bonds is 8. The number of nitrogens with one attached hydrogen (secondary N) is 1. The number of hydrogen-bond donors (Lipinski definition) is 1. The normalized spacial score (nSPS) is 14.0. The largest absolute Gasteiger partial charge is 0.462 e. The molecule has 1 aliphatic heterocycles. The summed E-state index contributed by atoms with van der Waals surface area (Å²) in [5.41, 5.74) is 2.98. The van der Waals surface area contributed by atoms with Crippen LogP contribution in [0.1, 0.15) is 58.9 Å². The summed E-state index contributed by atoms with van der Waals surface area (Å²) < 4.78 is 5.19. The lowest BCUT2D eigenvalue weighted by Crippen LogP contribution is -2.18. The molecule has 1 heterocycles. The Labute approximate surface area is 166 Å². The van der Waals surface area contributed by atoms with E-state index in [-0.39, 0.29) is 11.9 Å². The lowest BCUT2D eigenvalue weighted by Gasteiger charge is -2.14. The molecule has 1 fully saturated rings. The Morgan fingerprint density at radius 2 is 1.61 bits per heavy atom. The Bertz CT molecular complexity index is 778. The molecule has 0 radical (unpaired) electrons. The van der Waals surface area contributed by atoms with Crippen molar-refractivity contribution in [1.29, 1.82) is 0 Å². The van der Waals surface area contributed by atoms with Gasteiger partial charge in [0.05, 0.1) is 12.2 Å². The van der Waals surface area contributed by atoms with Crippen molar-refractivity contribution in [3.8, 4) is 0 Å². The summed E-state index contributed by atoms with van der Waals surface area (Å²) in [5.74, 6) is -0.495. The zero-order chi connectivity index (χ0) is 19.8. The van der Waals surface area contributed by atoms with E-state index in [4.69, 9.17) is 4.74 Å². The zero-order valence-corrected chi connectivity index (χ0v) is 16.4. The standard InChI is InChI=1S/C23H28N2O3/c1-2-3-16-28-23(27)20-10-12-21(13-11-20)24-22(26)19-8-6-18(7-9-19)17-25-14-4-5-15-25/h6-13H,2-5,14-17H2,1H3,(H,24,26). The van der Waals surface area contributed by atoms with E-state index < -0.39 is 0 Å². The number of amides is 1. The van der Waals surface area contributed by atoms with E-state index in [2.05, 4.69) is 10.2 Å². The van der Waals surface area contributed by atoms with Gasteiger partial charge in [0.15, 0.2) is 0 Å². The summed E-state index contributed by atoms with van der Waals surface area (Å²) in [4.78, 5) is 26.8. The Kier molecular flexibility index (Phi) is 7.20. The molecule has 0 spiro atoms. The van der Waals surface area contributed by atoms with Crippen LogP contribution in [0, 0.1) is 0 Å². The summed E-state index contributed by atoms with van der Waals surface area (Å²) in [6.07, 6.45) is 4.39. The molecule has 1 amide bonds. The maximum Gasteiger partial charge on any atom is 0.338 e. The quantitative estimate of drug-likeness (QED) is 0.541. The van der Waals surface area contributed by atoms with Crippen molar-refractivity contribution in [3.05, 3.63) is 65.2 Å². The zero-order valence-electron chi connectivity index (χ0n) is 16.4. The first-order valence-corrected chi connectivity index (χ1v) is 10.1. The summed E-state index contributed by atoms with van der Waals surface area (Å²) in [6.45, 7) is 5.74. The topological polar surface area (TPSA) is 58.6 Å². The van der Waals surface area contributed by atoms with E-state index in [1.54, 1.807) is 24.3 Å². The predicted octanol–water partition coefficient (Wildman–Crippen LogP) is 4.49. The van der Waals surface area contributed by atoms with E-state index in [0.29, 0.717) is 23.4 Å². The maximum absolute atomic E-state index is 12.4. The van der Waals surface area contributed by atoms with Gasteiger partial charge in [-0.25, -0.2) is 4.79 Å². The smallest absolute Gasteiger partial charge is 0.338 e. The molecule has 148 valence electrons. The van der Waals surface area contributed by atoms with Crippen LogP contribution in [0.5, 0.6) is 0 Å². The number of likely N-dealkylation sites (tertiary alicyclic amines) is 1. The van der Waals surface area contributed by atoms with Crippen LogP contribution in [0.4, 0.5) is 5.69 Å². The highest BCUT2D eigenvalue weighted by Crippen LogP contribution is 2.15. The third-order valence-corrected chi connectivity index (χ3v) is 4.93. The molecule has 28 heavy (non-hydrogen) atoms. The average Bonchev–Trinajstić information content (AvgIpc) is 3.22. The van der Waals surface area contributed by atoms with Crippen LogP contribution in [0.25, 0.3) is 0 Å². The van der Waals surface area contributed by atoms with E-state index in [0.717, 1.165) is 32.5 Å². The van der Waals surface area contributed by atoms with Gasteiger partial charge in [0.2, 0.25) is 0 Å². The molecule has 0 aromatic heterocycles. The SMILES string of the molecule is CCCCOC(=O)c1ccc(NC(=O)c2ccc(CN3CCCC3)cc2)cc1. The van der Waals surface area contributed by atoms with E-state index in [9.17, 15) is 9.59 Å². The van der Waals surface area contributed by atoms with Gasteiger partial charge in [-0.1, -0.05) is 25.5 Å². The third kappa shape index (κ3) is 5.67. The maximum atomic E-state index is 12.4. The highest BCUT2D eigenvalue weighted by molar-refractivity contribution is 6.04. The van der Waals surface area contributed by atoms with Crippen LogP contribution >= 0.6 is 0 Å². The van der Waals surface area contributed by atoms with Crippen LogP contribution in [-0.4, -0.2) is 36.5 Å². The molecule has 5 heteroatoms. The monoisotopic (exact) mass is 380 g/mol. The van der Waals surface area contributed by atoms with Crippen LogP contribution in [0.2, 0.25) is 0 Å². The first kappa shape index (κ1) is 20.1. The molecule has 5 nitrogen and oxygen atoms in total. The first-order chi connectivity index (χ1) is 13.7. The Hall–Kier alpha value is -2.66. The van der Waals surface area contributed by atoms with Crippen molar-refractivity contribution < 1.29 is 14.3 Å². The van der Waals surface area contributed by atoms with Gasteiger partial charge >= 0.3 is 5.97 Å². The van der Waals surface area contributed by atoms with Gasteiger partial charge in [-0.15, -0.1) is 0 Å². The van der Waals surface area contributed by atoms with Crippen LogP contribution in [-0.2, 0) is 11.3 Å². The Balaban J connectivity index is 1.53. The Morgan fingerprint density at radius 1 is 0.964 bits per heavy atom. The second-order valence-corrected chi connectivity index (χ2v) is 7.20. The predicted molar refractivity (Wildman–Crippen MR) is 111 cm³/mol. The number of carbonyl (C=O) groups is 2. The second kappa shape index (κ2) is 10.0. The average molecular weight is 380 g/mol. The molecular weight excluding hydrogens is 352 g/mol. The van der Waals surface area contributed by atoms with Gasteiger partial charge in [-0.05, 0) is 74.3 Å². The molecule has 2 aromatic carbocycles. The molecule has 0 atom stereocenters. The number of nitrogens with zero attached hydrogens (tertiary/aromatic N) is 1.